The fourth-order valence-electron chi connectivity index (χ4n) is 1.45. The Bertz CT molecular complexity index is 492. The lowest BCUT2D eigenvalue weighted by atomic mass is 10.2. The molecule has 84 valence electrons. The molecule has 3 N–H and O–H groups in total. The highest BCUT2D eigenvalue weighted by Gasteiger charge is 2.03. The molecular formula is C11H13ClN4. The van der Waals surface area contributed by atoms with E-state index in [1.165, 1.54) is 0 Å². The molecule has 0 aliphatic carbocycles. The van der Waals surface area contributed by atoms with E-state index in [0.29, 0.717) is 17.3 Å². The summed E-state index contributed by atoms with van der Waals surface area (Å²) in [5.74, 6) is 0. The number of nitrogen functional groups attached to an aromatic ring is 1. The fraction of sp³-hybridized carbons (Fsp3) is 0.182. The molecule has 4 nitrogen and oxygen atoms in total. The third kappa shape index (κ3) is 2.12. The molecule has 0 atom stereocenters. The molecule has 0 unspecified atom stereocenters. The Morgan fingerprint density at radius 3 is 2.94 bits per heavy atom. The minimum atomic E-state index is 0.565. The van der Waals surface area contributed by atoms with E-state index in [1.54, 1.807) is 12.3 Å². The van der Waals surface area contributed by atoms with Crippen molar-refractivity contribution < 1.29 is 0 Å². The summed E-state index contributed by atoms with van der Waals surface area (Å²) in [6.07, 6.45) is 1.76. The second-order valence-corrected chi connectivity index (χ2v) is 3.91. The van der Waals surface area contributed by atoms with E-state index in [0.717, 1.165) is 11.4 Å². The lowest BCUT2D eigenvalue weighted by Gasteiger charge is -2.10. The number of nitrogens with two attached hydrogens (primary N) is 1. The van der Waals surface area contributed by atoms with Crippen LogP contribution in [0, 0.1) is 0 Å². The SMILES string of the molecule is Cn1nccc1CNc1cccc(Cl)c1N. The lowest BCUT2D eigenvalue weighted by molar-refractivity contribution is 0.720. The van der Waals surface area contributed by atoms with Gasteiger partial charge in [-0.3, -0.25) is 4.68 Å². The van der Waals surface area contributed by atoms with Crippen LogP contribution in [0.5, 0.6) is 0 Å². The highest BCUT2D eigenvalue weighted by atomic mass is 35.5. The van der Waals surface area contributed by atoms with Crippen molar-refractivity contribution in [2.24, 2.45) is 7.05 Å². The number of benzene rings is 1. The summed E-state index contributed by atoms with van der Waals surface area (Å²) in [6.45, 7) is 0.668. The van der Waals surface area contributed by atoms with Gasteiger partial charge in [0, 0.05) is 13.2 Å². The second-order valence-electron chi connectivity index (χ2n) is 3.50. The first-order valence-corrected chi connectivity index (χ1v) is 5.31. The molecule has 1 aromatic carbocycles. The number of anilines is 2. The summed E-state index contributed by atoms with van der Waals surface area (Å²) in [4.78, 5) is 0. The van der Waals surface area contributed by atoms with Crippen LogP contribution in [0.2, 0.25) is 5.02 Å². The molecule has 2 rings (SSSR count). The molecule has 0 radical (unpaired) electrons. The number of nitrogens with one attached hydrogen (secondary N) is 1. The van der Waals surface area contributed by atoms with Gasteiger partial charge in [0.1, 0.15) is 0 Å². The average molecular weight is 237 g/mol. The average Bonchev–Trinajstić information content (AvgIpc) is 2.67. The number of para-hydroxylation sites is 1. The summed E-state index contributed by atoms with van der Waals surface area (Å²) in [7, 11) is 1.90. The topological polar surface area (TPSA) is 55.9 Å². The molecule has 5 heteroatoms. The monoisotopic (exact) mass is 236 g/mol. The summed E-state index contributed by atoms with van der Waals surface area (Å²) < 4.78 is 1.81. The minimum absolute atomic E-state index is 0.565. The Morgan fingerprint density at radius 1 is 1.44 bits per heavy atom. The molecule has 0 amide bonds. The van der Waals surface area contributed by atoms with Crippen LogP contribution in [-0.2, 0) is 13.6 Å². The minimum Gasteiger partial charge on any atom is -0.396 e. The number of aromatic nitrogens is 2. The Labute approximate surface area is 99.0 Å². The summed E-state index contributed by atoms with van der Waals surface area (Å²) in [5, 5.41) is 7.88. The van der Waals surface area contributed by atoms with Crippen LogP contribution < -0.4 is 11.1 Å². The van der Waals surface area contributed by atoms with Crippen molar-refractivity contribution in [3.8, 4) is 0 Å². The second kappa shape index (κ2) is 4.45. The standard InChI is InChI=1S/C11H13ClN4/c1-16-8(5-6-15-16)7-14-10-4-2-3-9(12)11(10)13/h2-6,14H,7,13H2,1H3. The molecule has 1 heterocycles. The smallest absolute Gasteiger partial charge is 0.0739 e. The number of hydrogen-bond acceptors (Lipinski definition) is 3. The van der Waals surface area contributed by atoms with Crippen molar-refractivity contribution in [1.82, 2.24) is 9.78 Å². The van der Waals surface area contributed by atoms with Crippen molar-refractivity contribution >= 4 is 23.0 Å². The highest BCUT2D eigenvalue weighted by molar-refractivity contribution is 6.33. The number of hydrogen-bond donors (Lipinski definition) is 2. The van der Waals surface area contributed by atoms with Gasteiger partial charge in [0.2, 0.25) is 0 Å². The Morgan fingerprint density at radius 2 is 2.25 bits per heavy atom. The first-order valence-electron chi connectivity index (χ1n) is 4.93. The van der Waals surface area contributed by atoms with E-state index in [-0.39, 0.29) is 0 Å². The van der Waals surface area contributed by atoms with E-state index in [4.69, 9.17) is 17.3 Å². The molecule has 0 aliphatic heterocycles. The van der Waals surface area contributed by atoms with Crippen molar-refractivity contribution in [2.75, 3.05) is 11.1 Å². The third-order valence-electron chi connectivity index (χ3n) is 2.44. The molecule has 2 aromatic rings. The van der Waals surface area contributed by atoms with Gasteiger partial charge in [-0.2, -0.15) is 5.10 Å². The van der Waals surface area contributed by atoms with Crippen LogP contribution in [0.4, 0.5) is 11.4 Å². The van der Waals surface area contributed by atoms with Crippen LogP contribution in [0.25, 0.3) is 0 Å². The Balaban J connectivity index is 2.11. The van der Waals surface area contributed by atoms with Crippen LogP contribution in [0.3, 0.4) is 0 Å². The van der Waals surface area contributed by atoms with Gasteiger partial charge in [0.05, 0.1) is 28.6 Å². The number of halogens is 1. The Hall–Kier alpha value is -1.68. The lowest BCUT2D eigenvalue weighted by Crippen LogP contribution is -2.07. The maximum atomic E-state index is 5.92. The molecule has 0 saturated carbocycles. The summed E-state index contributed by atoms with van der Waals surface area (Å²) in [6, 6.07) is 7.49. The molecule has 0 fully saturated rings. The molecular weight excluding hydrogens is 224 g/mol. The maximum Gasteiger partial charge on any atom is 0.0739 e. The van der Waals surface area contributed by atoms with Gasteiger partial charge in [-0.05, 0) is 18.2 Å². The summed E-state index contributed by atoms with van der Waals surface area (Å²) in [5.41, 5.74) is 8.34. The van der Waals surface area contributed by atoms with E-state index in [9.17, 15) is 0 Å². The largest absolute Gasteiger partial charge is 0.396 e. The van der Waals surface area contributed by atoms with Crippen molar-refractivity contribution in [1.29, 1.82) is 0 Å². The van der Waals surface area contributed by atoms with Gasteiger partial charge >= 0.3 is 0 Å². The predicted molar refractivity (Wildman–Crippen MR) is 66.4 cm³/mol. The van der Waals surface area contributed by atoms with E-state index in [2.05, 4.69) is 10.4 Å². The van der Waals surface area contributed by atoms with E-state index < -0.39 is 0 Å². The van der Waals surface area contributed by atoms with Gasteiger partial charge in [0.15, 0.2) is 0 Å². The molecule has 0 saturated heterocycles. The van der Waals surface area contributed by atoms with Crippen LogP contribution in [0.1, 0.15) is 5.69 Å². The first-order chi connectivity index (χ1) is 7.68. The molecule has 16 heavy (non-hydrogen) atoms. The maximum absolute atomic E-state index is 5.92. The van der Waals surface area contributed by atoms with Crippen molar-refractivity contribution in [3.05, 3.63) is 41.2 Å². The van der Waals surface area contributed by atoms with E-state index >= 15 is 0 Å². The normalized spacial score (nSPS) is 10.4. The van der Waals surface area contributed by atoms with Gasteiger partial charge in [-0.1, -0.05) is 17.7 Å². The van der Waals surface area contributed by atoms with E-state index in [1.807, 2.05) is 29.9 Å². The molecule has 0 bridgehead atoms. The number of rotatable bonds is 3. The van der Waals surface area contributed by atoms with Gasteiger partial charge in [-0.25, -0.2) is 0 Å². The van der Waals surface area contributed by atoms with Gasteiger partial charge in [0.25, 0.3) is 0 Å². The first kappa shape index (κ1) is 10.8. The molecule has 1 aromatic heterocycles. The zero-order valence-corrected chi connectivity index (χ0v) is 9.70. The zero-order valence-electron chi connectivity index (χ0n) is 8.94. The highest BCUT2D eigenvalue weighted by Crippen LogP contribution is 2.26. The van der Waals surface area contributed by atoms with Crippen LogP contribution in [-0.4, -0.2) is 9.78 Å². The summed E-state index contributed by atoms with van der Waals surface area (Å²) >= 11 is 5.92. The van der Waals surface area contributed by atoms with Gasteiger partial charge < -0.3 is 11.1 Å². The van der Waals surface area contributed by atoms with Gasteiger partial charge in [-0.15, -0.1) is 0 Å². The third-order valence-corrected chi connectivity index (χ3v) is 2.76. The quantitative estimate of drug-likeness (QED) is 0.804. The predicted octanol–water partition coefficient (Wildman–Crippen LogP) is 2.27. The van der Waals surface area contributed by atoms with Crippen molar-refractivity contribution in [3.63, 3.8) is 0 Å². The van der Waals surface area contributed by atoms with Crippen LogP contribution >= 0.6 is 11.6 Å². The van der Waals surface area contributed by atoms with Crippen LogP contribution in [0.15, 0.2) is 30.5 Å². The Kier molecular flexibility index (Phi) is 3.01. The number of nitrogens with zero attached hydrogens (tertiary/aromatic N) is 2. The molecule has 0 spiro atoms. The molecule has 0 aliphatic rings. The van der Waals surface area contributed by atoms with Crippen molar-refractivity contribution in [2.45, 2.75) is 6.54 Å². The fourth-order valence-corrected chi connectivity index (χ4v) is 1.63. The number of aryl methyl sites for hydroxylation is 1. The zero-order chi connectivity index (χ0) is 11.5.